The third-order valence-corrected chi connectivity index (χ3v) is 6.43. The highest BCUT2D eigenvalue weighted by molar-refractivity contribution is 7.10. The van der Waals surface area contributed by atoms with Crippen LogP contribution in [0.5, 0.6) is 5.75 Å². The minimum Gasteiger partial charge on any atom is -0.485 e. The Morgan fingerprint density at radius 2 is 2.00 bits per heavy atom. The summed E-state index contributed by atoms with van der Waals surface area (Å²) in [7, 11) is 3.93. The van der Waals surface area contributed by atoms with E-state index < -0.39 is 0 Å². The van der Waals surface area contributed by atoms with Gasteiger partial charge in [-0.2, -0.15) is 0 Å². The van der Waals surface area contributed by atoms with Gasteiger partial charge in [-0.05, 0) is 54.9 Å². The number of nitrogens with zero attached hydrogens (tertiary/aromatic N) is 3. The first-order chi connectivity index (χ1) is 15.2. The van der Waals surface area contributed by atoms with Gasteiger partial charge in [0.15, 0.2) is 0 Å². The number of ether oxygens (including phenoxy) is 1. The van der Waals surface area contributed by atoms with E-state index in [0.29, 0.717) is 18.7 Å². The second-order valence-electron chi connectivity index (χ2n) is 7.68. The van der Waals surface area contributed by atoms with Crippen LogP contribution in [0.4, 0.5) is 5.82 Å². The molecule has 4 rings (SSSR count). The number of benzene rings is 1. The molecule has 31 heavy (non-hydrogen) atoms. The lowest BCUT2D eigenvalue weighted by Gasteiger charge is -2.22. The number of rotatable bonds is 8. The highest BCUT2D eigenvalue weighted by Gasteiger charge is 2.25. The van der Waals surface area contributed by atoms with E-state index in [-0.39, 0.29) is 12.0 Å². The van der Waals surface area contributed by atoms with Crippen LogP contribution in [0.15, 0.2) is 60.1 Å². The molecule has 2 aromatic heterocycles. The van der Waals surface area contributed by atoms with E-state index in [4.69, 9.17) is 4.74 Å². The third kappa shape index (κ3) is 5.06. The molecule has 0 fully saturated rings. The fourth-order valence-electron chi connectivity index (χ4n) is 3.73. The maximum atomic E-state index is 13.1. The van der Waals surface area contributed by atoms with Gasteiger partial charge in [-0.1, -0.05) is 18.2 Å². The van der Waals surface area contributed by atoms with Crippen molar-refractivity contribution in [2.75, 3.05) is 38.6 Å². The zero-order chi connectivity index (χ0) is 21.6. The van der Waals surface area contributed by atoms with Gasteiger partial charge in [0.25, 0.3) is 5.91 Å². The van der Waals surface area contributed by atoms with Crippen molar-refractivity contribution in [1.82, 2.24) is 15.2 Å². The molecule has 162 valence electrons. The van der Waals surface area contributed by atoms with E-state index in [0.717, 1.165) is 36.6 Å². The molecule has 0 bridgehead atoms. The fourth-order valence-corrected chi connectivity index (χ4v) is 4.52. The fraction of sp³-hybridized carbons (Fsp3) is 0.333. The zero-order valence-electron chi connectivity index (χ0n) is 18.0. The van der Waals surface area contributed by atoms with Crippen molar-refractivity contribution in [2.24, 2.45) is 0 Å². The zero-order valence-corrected chi connectivity index (χ0v) is 18.8. The minimum absolute atomic E-state index is 0.0256. The number of anilines is 1. The van der Waals surface area contributed by atoms with Gasteiger partial charge in [0, 0.05) is 44.2 Å². The molecule has 1 N–H and O–H groups in total. The minimum atomic E-state index is 0.0256. The molecule has 1 aromatic carbocycles. The van der Waals surface area contributed by atoms with Gasteiger partial charge >= 0.3 is 0 Å². The maximum Gasteiger partial charge on any atom is 0.257 e. The van der Waals surface area contributed by atoms with E-state index >= 15 is 0 Å². The molecule has 0 radical (unpaired) electrons. The first-order valence-electron chi connectivity index (χ1n) is 10.5. The Kier molecular flexibility index (Phi) is 6.84. The van der Waals surface area contributed by atoms with E-state index in [2.05, 4.69) is 27.8 Å². The number of aromatic nitrogens is 1. The van der Waals surface area contributed by atoms with Gasteiger partial charge in [0.1, 0.15) is 17.7 Å². The molecular formula is C24H28N4O2S. The van der Waals surface area contributed by atoms with E-state index in [1.165, 1.54) is 4.88 Å². The van der Waals surface area contributed by atoms with Crippen LogP contribution < -0.4 is 15.0 Å². The molecular weight excluding hydrogens is 408 g/mol. The van der Waals surface area contributed by atoms with Crippen molar-refractivity contribution in [2.45, 2.75) is 19.1 Å². The van der Waals surface area contributed by atoms with Crippen LogP contribution in [0.1, 0.15) is 33.3 Å². The molecule has 3 heterocycles. The van der Waals surface area contributed by atoms with Crippen molar-refractivity contribution in [3.8, 4) is 5.75 Å². The summed E-state index contributed by atoms with van der Waals surface area (Å²) in [6, 6.07) is 15.9. The number of fused-ring (bicyclic) bond motifs is 1. The Hall–Kier alpha value is -2.90. The predicted molar refractivity (Wildman–Crippen MR) is 125 cm³/mol. The monoisotopic (exact) mass is 436 g/mol. The summed E-state index contributed by atoms with van der Waals surface area (Å²) in [6.07, 6.45) is 2.67. The molecule has 1 amide bonds. The number of carbonyl (C=O) groups is 1. The Bertz CT molecular complexity index is 991. The van der Waals surface area contributed by atoms with Crippen LogP contribution in [0.2, 0.25) is 0 Å². The second-order valence-corrected chi connectivity index (χ2v) is 8.66. The van der Waals surface area contributed by atoms with Gasteiger partial charge in [-0.15, -0.1) is 11.3 Å². The van der Waals surface area contributed by atoms with E-state index in [1.54, 1.807) is 17.5 Å². The lowest BCUT2D eigenvalue weighted by atomic mass is 10.1. The number of carbonyl (C=O) groups excluding carboxylic acids is 1. The molecule has 6 nitrogen and oxygen atoms in total. The van der Waals surface area contributed by atoms with Gasteiger partial charge in [0.05, 0.1) is 5.56 Å². The van der Waals surface area contributed by atoms with Crippen molar-refractivity contribution in [3.63, 3.8) is 0 Å². The van der Waals surface area contributed by atoms with Crippen LogP contribution in [-0.4, -0.2) is 49.5 Å². The van der Waals surface area contributed by atoms with Gasteiger partial charge in [0.2, 0.25) is 0 Å². The van der Waals surface area contributed by atoms with Crippen LogP contribution in [0.3, 0.4) is 0 Å². The number of hydrogen-bond donors (Lipinski definition) is 1. The smallest absolute Gasteiger partial charge is 0.257 e. The largest absolute Gasteiger partial charge is 0.485 e. The van der Waals surface area contributed by atoms with Crippen LogP contribution >= 0.6 is 11.3 Å². The van der Waals surface area contributed by atoms with Gasteiger partial charge in [-0.3, -0.25) is 4.79 Å². The number of thiophene rings is 1. The Balaban J connectivity index is 1.44. The number of nitrogens with one attached hydrogen (secondary N) is 1. The highest BCUT2D eigenvalue weighted by Crippen LogP contribution is 2.28. The van der Waals surface area contributed by atoms with Gasteiger partial charge < -0.3 is 19.9 Å². The van der Waals surface area contributed by atoms with Crippen molar-refractivity contribution in [3.05, 3.63) is 76.1 Å². The Labute approximate surface area is 187 Å². The normalized spacial score (nSPS) is 14.8. The van der Waals surface area contributed by atoms with Crippen molar-refractivity contribution >= 4 is 23.1 Å². The first-order valence-corrected chi connectivity index (χ1v) is 11.4. The van der Waals surface area contributed by atoms with Crippen LogP contribution in [0, 0.1) is 0 Å². The van der Waals surface area contributed by atoms with Crippen molar-refractivity contribution < 1.29 is 9.53 Å². The molecule has 1 atom stereocenters. The van der Waals surface area contributed by atoms with Crippen LogP contribution in [0.25, 0.3) is 0 Å². The molecule has 0 aliphatic carbocycles. The SMILES string of the molecule is CNCC[C@H](Oc1ccc(CN2CCN(C)c3ncccc3C2=O)cc1)c1cccs1. The molecule has 1 aliphatic heterocycles. The highest BCUT2D eigenvalue weighted by atomic mass is 32.1. The lowest BCUT2D eigenvalue weighted by Crippen LogP contribution is -2.33. The lowest BCUT2D eigenvalue weighted by molar-refractivity contribution is 0.0754. The average Bonchev–Trinajstić information content (AvgIpc) is 3.31. The summed E-state index contributed by atoms with van der Waals surface area (Å²) in [5.74, 6) is 1.62. The summed E-state index contributed by atoms with van der Waals surface area (Å²) in [5, 5.41) is 5.28. The Morgan fingerprint density at radius 3 is 2.74 bits per heavy atom. The Morgan fingerprint density at radius 1 is 1.16 bits per heavy atom. The summed E-state index contributed by atoms with van der Waals surface area (Å²) in [6.45, 7) is 2.87. The van der Waals surface area contributed by atoms with E-state index in [1.807, 2.05) is 60.3 Å². The molecule has 0 saturated carbocycles. The first kappa shape index (κ1) is 21.3. The average molecular weight is 437 g/mol. The number of amides is 1. The summed E-state index contributed by atoms with van der Waals surface area (Å²) >= 11 is 1.72. The molecule has 7 heteroatoms. The summed E-state index contributed by atoms with van der Waals surface area (Å²) < 4.78 is 6.28. The van der Waals surface area contributed by atoms with Crippen LogP contribution in [-0.2, 0) is 6.54 Å². The van der Waals surface area contributed by atoms with E-state index in [9.17, 15) is 4.79 Å². The number of pyridine rings is 1. The molecule has 1 aliphatic rings. The second kappa shape index (κ2) is 9.94. The summed E-state index contributed by atoms with van der Waals surface area (Å²) in [5.41, 5.74) is 1.74. The number of likely N-dealkylation sites (N-methyl/N-ethyl adjacent to an activating group) is 1. The van der Waals surface area contributed by atoms with Gasteiger partial charge in [-0.25, -0.2) is 4.98 Å². The number of hydrogen-bond acceptors (Lipinski definition) is 6. The maximum absolute atomic E-state index is 13.1. The standard InChI is InChI=1S/C24H28N4O2S/c1-25-13-11-21(22-6-4-16-31-22)30-19-9-7-18(8-10-19)17-28-15-14-27(2)23-20(24(28)29)5-3-12-26-23/h3-10,12,16,21,25H,11,13-15,17H2,1-2H3/t21-/m0/s1. The predicted octanol–water partition coefficient (Wildman–Crippen LogP) is 3.96. The third-order valence-electron chi connectivity index (χ3n) is 5.46. The quantitative estimate of drug-likeness (QED) is 0.579. The molecule has 0 saturated heterocycles. The molecule has 0 spiro atoms. The summed E-state index contributed by atoms with van der Waals surface area (Å²) in [4.78, 5) is 22.6. The molecule has 0 unspecified atom stereocenters. The topological polar surface area (TPSA) is 57.7 Å². The van der Waals surface area contributed by atoms with Crippen molar-refractivity contribution in [1.29, 1.82) is 0 Å². The molecule has 3 aromatic rings.